The van der Waals surface area contributed by atoms with Gasteiger partial charge in [0, 0.05) is 17.9 Å². The molecule has 0 saturated heterocycles. The van der Waals surface area contributed by atoms with Crippen LogP contribution in [0.15, 0.2) is 12.1 Å². The summed E-state index contributed by atoms with van der Waals surface area (Å²) < 4.78 is 0. The Kier molecular flexibility index (Phi) is 3.98. The summed E-state index contributed by atoms with van der Waals surface area (Å²) in [7, 11) is 0. The lowest BCUT2D eigenvalue weighted by Crippen LogP contribution is -2.17. The van der Waals surface area contributed by atoms with Crippen LogP contribution in [0, 0.1) is 18.8 Å². The monoisotopic (exact) mass is 262 g/mol. The quantitative estimate of drug-likeness (QED) is 0.729. The van der Waals surface area contributed by atoms with E-state index in [-0.39, 0.29) is 5.56 Å². The minimum absolute atomic E-state index is 0.182. The third-order valence-corrected chi connectivity index (χ3v) is 4.22. The van der Waals surface area contributed by atoms with Crippen molar-refractivity contribution in [2.24, 2.45) is 11.8 Å². The van der Waals surface area contributed by atoms with Gasteiger partial charge in [-0.3, -0.25) is 0 Å². The van der Waals surface area contributed by atoms with E-state index in [9.17, 15) is 4.79 Å². The van der Waals surface area contributed by atoms with E-state index in [0.29, 0.717) is 11.6 Å². The number of aryl methyl sites for hydroxylation is 1. The molecular formula is C15H22N2O2. The topological polar surface area (TPSA) is 75.3 Å². The SMILES string of the molecule is Cc1cc(NCC2CCCC2C)cc(C(=O)O)c1N. The Morgan fingerprint density at radius 1 is 1.47 bits per heavy atom. The predicted molar refractivity (Wildman–Crippen MR) is 77.5 cm³/mol. The van der Waals surface area contributed by atoms with Crippen molar-refractivity contribution < 1.29 is 9.90 Å². The maximum Gasteiger partial charge on any atom is 0.337 e. The summed E-state index contributed by atoms with van der Waals surface area (Å²) in [5.41, 5.74) is 7.98. The van der Waals surface area contributed by atoms with Crippen LogP contribution < -0.4 is 11.1 Å². The molecule has 1 aliphatic rings. The lowest BCUT2D eigenvalue weighted by atomic mass is 9.98. The Labute approximate surface area is 114 Å². The summed E-state index contributed by atoms with van der Waals surface area (Å²) in [6.07, 6.45) is 3.86. The van der Waals surface area contributed by atoms with Gasteiger partial charge in [-0.05, 0) is 42.9 Å². The first-order valence-electron chi connectivity index (χ1n) is 6.86. The molecule has 4 nitrogen and oxygen atoms in total. The molecule has 0 heterocycles. The first-order valence-corrected chi connectivity index (χ1v) is 6.86. The second-order valence-corrected chi connectivity index (χ2v) is 5.61. The highest BCUT2D eigenvalue weighted by Crippen LogP contribution is 2.31. The van der Waals surface area contributed by atoms with Crippen molar-refractivity contribution in [2.75, 3.05) is 17.6 Å². The summed E-state index contributed by atoms with van der Waals surface area (Å²) in [5, 5.41) is 12.5. The summed E-state index contributed by atoms with van der Waals surface area (Å²) in [4.78, 5) is 11.1. The number of carbonyl (C=O) groups is 1. The number of carboxylic acids is 1. The highest BCUT2D eigenvalue weighted by molar-refractivity contribution is 5.95. The lowest BCUT2D eigenvalue weighted by Gasteiger charge is -2.18. The fraction of sp³-hybridized carbons (Fsp3) is 0.533. The van der Waals surface area contributed by atoms with Gasteiger partial charge in [0.25, 0.3) is 0 Å². The van der Waals surface area contributed by atoms with Crippen LogP contribution in [0.5, 0.6) is 0 Å². The number of nitrogen functional groups attached to an aromatic ring is 1. The lowest BCUT2D eigenvalue weighted by molar-refractivity contribution is 0.0698. The minimum atomic E-state index is -0.974. The van der Waals surface area contributed by atoms with Crippen LogP contribution in [0.2, 0.25) is 0 Å². The molecule has 2 unspecified atom stereocenters. The zero-order chi connectivity index (χ0) is 14.0. The van der Waals surface area contributed by atoms with Crippen molar-refractivity contribution in [3.63, 3.8) is 0 Å². The van der Waals surface area contributed by atoms with Gasteiger partial charge < -0.3 is 16.2 Å². The van der Waals surface area contributed by atoms with Crippen molar-refractivity contribution >= 4 is 17.3 Å². The normalized spacial score (nSPS) is 22.4. The zero-order valence-corrected chi connectivity index (χ0v) is 11.6. The molecule has 0 amide bonds. The van der Waals surface area contributed by atoms with Crippen LogP contribution >= 0.6 is 0 Å². The zero-order valence-electron chi connectivity index (χ0n) is 11.6. The molecule has 4 heteroatoms. The average molecular weight is 262 g/mol. The molecule has 19 heavy (non-hydrogen) atoms. The summed E-state index contributed by atoms with van der Waals surface area (Å²) >= 11 is 0. The van der Waals surface area contributed by atoms with Crippen LogP contribution in [-0.2, 0) is 0 Å². The molecule has 1 aromatic carbocycles. The summed E-state index contributed by atoms with van der Waals surface area (Å²) in [5.74, 6) is 0.464. The van der Waals surface area contributed by atoms with Crippen LogP contribution in [0.4, 0.5) is 11.4 Å². The van der Waals surface area contributed by atoms with Gasteiger partial charge in [0.15, 0.2) is 0 Å². The smallest absolute Gasteiger partial charge is 0.337 e. The van der Waals surface area contributed by atoms with Gasteiger partial charge in [0.1, 0.15) is 0 Å². The molecular weight excluding hydrogens is 240 g/mol. The molecule has 0 radical (unpaired) electrons. The number of carboxylic acid groups (broad SMARTS) is 1. The molecule has 1 saturated carbocycles. The average Bonchev–Trinajstić information content (AvgIpc) is 2.76. The van der Waals surface area contributed by atoms with Gasteiger partial charge in [-0.2, -0.15) is 0 Å². The van der Waals surface area contributed by atoms with E-state index in [1.54, 1.807) is 6.07 Å². The number of aromatic carboxylic acids is 1. The molecule has 2 rings (SSSR count). The van der Waals surface area contributed by atoms with Gasteiger partial charge in [-0.25, -0.2) is 4.79 Å². The van der Waals surface area contributed by atoms with Crippen LogP contribution in [0.3, 0.4) is 0 Å². The predicted octanol–water partition coefficient (Wildman–Crippen LogP) is 3.12. The van der Waals surface area contributed by atoms with Crippen LogP contribution in [0.25, 0.3) is 0 Å². The first-order chi connectivity index (χ1) is 8.99. The summed E-state index contributed by atoms with van der Waals surface area (Å²) in [6, 6.07) is 3.55. The van der Waals surface area contributed by atoms with Gasteiger partial charge in [0.2, 0.25) is 0 Å². The Bertz CT molecular complexity index is 485. The van der Waals surface area contributed by atoms with E-state index < -0.39 is 5.97 Å². The molecule has 2 atom stereocenters. The summed E-state index contributed by atoms with van der Waals surface area (Å²) in [6.45, 7) is 5.03. The van der Waals surface area contributed by atoms with Crippen LogP contribution in [0.1, 0.15) is 42.1 Å². The number of nitrogens with two attached hydrogens (primary N) is 1. The highest BCUT2D eigenvalue weighted by atomic mass is 16.4. The standard InChI is InChI=1S/C15H22N2O2/c1-9-4-3-5-11(9)8-17-12-6-10(2)14(16)13(7-12)15(18)19/h6-7,9,11,17H,3-5,8,16H2,1-2H3,(H,18,19). The second kappa shape index (κ2) is 5.51. The van der Waals surface area contributed by atoms with E-state index in [1.165, 1.54) is 19.3 Å². The van der Waals surface area contributed by atoms with E-state index in [4.69, 9.17) is 10.8 Å². The van der Waals surface area contributed by atoms with Gasteiger partial charge in [0.05, 0.1) is 5.56 Å². The van der Waals surface area contributed by atoms with Crippen molar-refractivity contribution in [3.05, 3.63) is 23.3 Å². The number of anilines is 2. The third kappa shape index (κ3) is 3.00. The number of benzene rings is 1. The Morgan fingerprint density at radius 3 is 2.79 bits per heavy atom. The maximum atomic E-state index is 11.1. The molecule has 104 valence electrons. The van der Waals surface area contributed by atoms with Crippen molar-refractivity contribution in [1.29, 1.82) is 0 Å². The van der Waals surface area contributed by atoms with E-state index in [1.807, 2.05) is 13.0 Å². The maximum absolute atomic E-state index is 11.1. The second-order valence-electron chi connectivity index (χ2n) is 5.61. The number of rotatable bonds is 4. The fourth-order valence-corrected chi connectivity index (χ4v) is 2.85. The Balaban J connectivity index is 2.10. The molecule has 1 aliphatic carbocycles. The largest absolute Gasteiger partial charge is 0.478 e. The molecule has 0 aromatic heterocycles. The molecule has 4 N–H and O–H groups in total. The Hall–Kier alpha value is -1.71. The van der Waals surface area contributed by atoms with Gasteiger partial charge in [-0.15, -0.1) is 0 Å². The number of nitrogens with one attached hydrogen (secondary N) is 1. The molecule has 0 aliphatic heterocycles. The van der Waals surface area contributed by atoms with Gasteiger partial charge >= 0.3 is 5.97 Å². The van der Waals surface area contributed by atoms with E-state index in [0.717, 1.165) is 23.7 Å². The van der Waals surface area contributed by atoms with Gasteiger partial charge in [-0.1, -0.05) is 19.8 Å². The molecule has 0 spiro atoms. The first kappa shape index (κ1) is 13.7. The highest BCUT2D eigenvalue weighted by Gasteiger charge is 2.23. The number of hydrogen-bond donors (Lipinski definition) is 3. The minimum Gasteiger partial charge on any atom is -0.478 e. The molecule has 1 aromatic rings. The van der Waals surface area contributed by atoms with Crippen LogP contribution in [-0.4, -0.2) is 17.6 Å². The van der Waals surface area contributed by atoms with Crippen molar-refractivity contribution in [2.45, 2.75) is 33.1 Å². The van der Waals surface area contributed by atoms with E-state index in [2.05, 4.69) is 12.2 Å². The fourth-order valence-electron chi connectivity index (χ4n) is 2.85. The Morgan fingerprint density at radius 2 is 2.21 bits per heavy atom. The van der Waals surface area contributed by atoms with E-state index >= 15 is 0 Å². The third-order valence-electron chi connectivity index (χ3n) is 4.22. The number of hydrogen-bond acceptors (Lipinski definition) is 3. The van der Waals surface area contributed by atoms with Crippen molar-refractivity contribution in [1.82, 2.24) is 0 Å². The van der Waals surface area contributed by atoms with Crippen molar-refractivity contribution in [3.8, 4) is 0 Å². The molecule has 0 bridgehead atoms. The molecule has 1 fully saturated rings.